The highest BCUT2D eigenvalue weighted by Gasteiger charge is 2.07. The van der Waals surface area contributed by atoms with Crippen LogP contribution >= 0.6 is 0 Å². The molecule has 3 heteroatoms. The molecule has 0 atom stereocenters. The van der Waals surface area contributed by atoms with Crippen molar-refractivity contribution in [2.24, 2.45) is 7.05 Å². The van der Waals surface area contributed by atoms with Gasteiger partial charge in [0.15, 0.2) is 0 Å². The van der Waals surface area contributed by atoms with Gasteiger partial charge in [0, 0.05) is 13.5 Å². The summed E-state index contributed by atoms with van der Waals surface area (Å²) in [4.78, 5) is 4.47. The molecule has 0 aliphatic rings. The van der Waals surface area contributed by atoms with E-state index in [4.69, 9.17) is 5.73 Å². The van der Waals surface area contributed by atoms with Crippen LogP contribution in [0.4, 0.5) is 5.69 Å². The zero-order chi connectivity index (χ0) is 9.42. The second-order valence-corrected chi connectivity index (χ2v) is 3.16. The molecule has 0 fully saturated rings. The molecule has 0 saturated carbocycles. The number of nitrogen functional groups attached to an aromatic ring is 1. The lowest BCUT2D eigenvalue weighted by molar-refractivity contribution is 0.829. The predicted octanol–water partition coefficient (Wildman–Crippen LogP) is 1.72. The van der Waals surface area contributed by atoms with Gasteiger partial charge in [0.05, 0.1) is 16.7 Å². The standard InChI is InChI=1S/C10H13N3/c1-3-9-12-8-6-4-5-7(11)10(8)13(9)2/h4-6H,3,11H2,1-2H3. The monoisotopic (exact) mass is 175 g/mol. The van der Waals surface area contributed by atoms with Crippen LogP contribution in [-0.4, -0.2) is 9.55 Å². The van der Waals surface area contributed by atoms with Crippen molar-refractivity contribution in [2.45, 2.75) is 13.3 Å². The third-order valence-corrected chi connectivity index (χ3v) is 2.33. The van der Waals surface area contributed by atoms with E-state index in [0.29, 0.717) is 0 Å². The van der Waals surface area contributed by atoms with Gasteiger partial charge in [-0.2, -0.15) is 0 Å². The summed E-state index contributed by atoms with van der Waals surface area (Å²) in [5.74, 6) is 1.08. The van der Waals surface area contributed by atoms with E-state index in [1.165, 1.54) is 0 Å². The van der Waals surface area contributed by atoms with Crippen LogP contribution < -0.4 is 5.73 Å². The molecule has 68 valence electrons. The first-order chi connectivity index (χ1) is 6.24. The highest BCUT2D eigenvalue weighted by molar-refractivity contribution is 5.87. The lowest BCUT2D eigenvalue weighted by Crippen LogP contribution is -1.97. The van der Waals surface area contributed by atoms with Crippen molar-refractivity contribution >= 4 is 16.7 Å². The van der Waals surface area contributed by atoms with Gasteiger partial charge in [-0.05, 0) is 12.1 Å². The average molecular weight is 175 g/mol. The third-order valence-electron chi connectivity index (χ3n) is 2.33. The van der Waals surface area contributed by atoms with Crippen molar-refractivity contribution in [2.75, 3.05) is 5.73 Å². The number of hydrogen-bond acceptors (Lipinski definition) is 2. The first kappa shape index (κ1) is 8.10. The summed E-state index contributed by atoms with van der Waals surface area (Å²) < 4.78 is 2.06. The Morgan fingerprint density at radius 3 is 2.85 bits per heavy atom. The molecule has 1 aromatic heterocycles. The molecule has 0 amide bonds. The molecule has 0 saturated heterocycles. The van der Waals surface area contributed by atoms with Crippen molar-refractivity contribution in [1.29, 1.82) is 0 Å². The molecule has 0 radical (unpaired) electrons. The summed E-state index contributed by atoms with van der Waals surface area (Å²) >= 11 is 0. The molecule has 0 spiro atoms. The van der Waals surface area contributed by atoms with Gasteiger partial charge in [0.2, 0.25) is 0 Å². The number of fused-ring (bicyclic) bond motifs is 1. The second kappa shape index (κ2) is 2.76. The van der Waals surface area contributed by atoms with Crippen molar-refractivity contribution in [1.82, 2.24) is 9.55 Å². The molecular weight excluding hydrogens is 162 g/mol. The van der Waals surface area contributed by atoms with Gasteiger partial charge in [-0.1, -0.05) is 13.0 Å². The Bertz CT molecular complexity index is 443. The molecule has 1 aromatic carbocycles. The highest BCUT2D eigenvalue weighted by atomic mass is 15.1. The number of imidazole rings is 1. The zero-order valence-electron chi connectivity index (χ0n) is 7.91. The fraction of sp³-hybridized carbons (Fsp3) is 0.300. The van der Waals surface area contributed by atoms with E-state index in [1.807, 2.05) is 25.2 Å². The van der Waals surface area contributed by atoms with E-state index in [1.54, 1.807) is 0 Å². The molecule has 0 aliphatic carbocycles. The van der Waals surface area contributed by atoms with Crippen LogP contribution in [0.5, 0.6) is 0 Å². The number of nitrogens with zero attached hydrogens (tertiary/aromatic N) is 2. The minimum absolute atomic E-state index is 0.798. The minimum atomic E-state index is 0.798. The summed E-state index contributed by atoms with van der Waals surface area (Å²) in [6.45, 7) is 2.09. The van der Waals surface area contributed by atoms with Gasteiger partial charge < -0.3 is 10.3 Å². The topological polar surface area (TPSA) is 43.8 Å². The van der Waals surface area contributed by atoms with Gasteiger partial charge in [0.25, 0.3) is 0 Å². The quantitative estimate of drug-likeness (QED) is 0.670. The minimum Gasteiger partial charge on any atom is -0.397 e. The maximum atomic E-state index is 5.86. The van der Waals surface area contributed by atoms with Crippen LogP contribution in [-0.2, 0) is 13.5 Å². The van der Waals surface area contributed by atoms with Gasteiger partial charge in [0.1, 0.15) is 5.82 Å². The molecule has 13 heavy (non-hydrogen) atoms. The molecule has 2 aromatic rings. The number of aryl methyl sites for hydroxylation is 2. The molecule has 0 unspecified atom stereocenters. The second-order valence-electron chi connectivity index (χ2n) is 3.16. The Balaban J connectivity index is 2.85. The van der Waals surface area contributed by atoms with Crippen LogP contribution in [0.15, 0.2) is 18.2 Å². The Labute approximate surface area is 77.2 Å². The van der Waals surface area contributed by atoms with E-state index in [2.05, 4.69) is 16.5 Å². The maximum absolute atomic E-state index is 5.86. The maximum Gasteiger partial charge on any atom is 0.109 e. The van der Waals surface area contributed by atoms with E-state index in [0.717, 1.165) is 29.0 Å². The summed E-state index contributed by atoms with van der Waals surface area (Å²) in [6, 6.07) is 5.83. The van der Waals surface area contributed by atoms with Crippen LogP contribution in [0.25, 0.3) is 11.0 Å². The van der Waals surface area contributed by atoms with Crippen LogP contribution in [0.1, 0.15) is 12.7 Å². The normalized spacial score (nSPS) is 10.9. The largest absolute Gasteiger partial charge is 0.397 e. The molecule has 0 bridgehead atoms. The molecule has 1 heterocycles. The Morgan fingerprint density at radius 1 is 1.46 bits per heavy atom. The predicted molar refractivity (Wildman–Crippen MR) is 54.5 cm³/mol. The number of hydrogen-bond donors (Lipinski definition) is 1. The SMILES string of the molecule is CCc1nc2cccc(N)c2n1C. The van der Waals surface area contributed by atoms with E-state index >= 15 is 0 Å². The number of nitrogens with two attached hydrogens (primary N) is 1. The lowest BCUT2D eigenvalue weighted by Gasteiger charge is -2.00. The molecule has 2 N–H and O–H groups in total. The molecule has 3 nitrogen and oxygen atoms in total. The smallest absolute Gasteiger partial charge is 0.109 e. The number of benzene rings is 1. The van der Waals surface area contributed by atoms with E-state index in [-0.39, 0.29) is 0 Å². The lowest BCUT2D eigenvalue weighted by atomic mass is 10.3. The van der Waals surface area contributed by atoms with Crippen molar-refractivity contribution < 1.29 is 0 Å². The van der Waals surface area contributed by atoms with Crippen LogP contribution in [0.3, 0.4) is 0 Å². The number of rotatable bonds is 1. The van der Waals surface area contributed by atoms with E-state index < -0.39 is 0 Å². The zero-order valence-corrected chi connectivity index (χ0v) is 7.91. The fourth-order valence-electron chi connectivity index (χ4n) is 1.66. The molecular formula is C10H13N3. The van der Waals surface area contributed by atoms with Crippen molar-refractivity contribution in [3.05, 3.63) is 24.0 Å². The molecule has 0 aliphatic heterocycles. The number of aromatic nitrogens is 2. The van der Waals surface area contributed by atoms with Crippen LogP contribution in [0, 0.1) is 0 Å². The average Bonchev–Trinajstić information content (AvgIpc) is 2.44. The summed E-state index contributed by atoms with van der Waals surface area (Å²) in [7, 11) is 2.00. The van der Waals surface area contributed by atoms with Gasteiger partial charge in [-0.3, -0.25) is 0 Å². The Morgan fingerprint density at radius 2 is 2.23 bits per heavy atom. The number of anilines is 1. The highest BCUT2D eigenvalue weighted by Crippen LogP contribution is 2.20. The van der Waals surface area contributed by atoms with E-state index in [9.17, 15) is 0 Å². The van der Waals surface area contributed by atoms with Gasteiger partial charge in [-0.25, -0.2) is 4.98 Å². The first-order valence-corrected chi connectivity index (χ1v) is 4.43. The third kappa shape index (κ3) is 1.08. The van der Waals surface area contributed by atoms with Crippen molar-refractivity contribution in [3.63, 3.8) is 0 Å². The summed E-state index contributed by atoms with van der Waals surface area (Å²) in [5.41, 5.74) is 8.69. The number of para-hydroxylation sites is 1. The summed E-state index contributed by atoms with van der Waals surface area (Å²) in [6.07, 6.45) is 0.935. The molecule has 2 rings (SSSR count). The van der Waals surface area contributed by atoms with Crippen LogP contribution in [0.2, 0.25) is 0 Å². The summed E-state index contributed by atoms with van der Waals surface area (Å²) in [5, 5.41) is 0. The van der Waals surface area contributed by atoms with Crippen molar-refractivity contribution in [3.8, 4) is 0 Å². The first-order valence-electron chi connectivity index (χ1n) is 4.43. The van der Waals surface area contributed by atoms with Gasteiger partial charge in [-0.15, -0.1) is 0 Å². The fourth-order valence-corrected chi connectivity index (χ4v) is 1.66. The van der Waals surface area contributed by atoms with Gasteiger partial charge >= 0.3 is 0 Å². The Hall–Kier alpha value is -1.51. The Kier molecular flexibility index (Phi) is 1.72.